The predicted molar refractivity (Wildman–Crippen MR) is 27.5 cm³/mol. The summed E-state index contributed by atoms with van der Waals surface area (Å²) < 4.78 is 30.8. The Labute approximate surface area is 86.3 Å². The molecule has 0 rings (SSSR count). The summed E-state index contributed by atoms with van der Waals surface area (Å²) in [5.74, 6) is -0.833. The molecular weight excluding hydrogens is 265 g/mol. The fraction of sp³-hybridized carbons (Fsp3) is 0.500. The summed E-state index contributed by atoms with van der Waals surface area (Å²) in [7, 11) is 0. The topological polar surface area (TPSA) is 115 Å². The molecule has 0 bridgehead atoms. The first-order chi connectivity index (χ1) is 3.73. The van der Waals surface area contributed by atoms with Gasteiger partial charge in [0.15, 0.2) is 0 Å². The van der Waals surface area contributed by atoms with E-state index in [9.17, 15) is 0 Å². The molecule has 10 heavy (non-hydrogen) atoms. The molecule has 0 saturated carbocycles. The third-order valence-electron chi connectivity index (χ3n) is 0. The molecule has 0 spiro atoms. The molecule has 58 valence electrons. The Hall–Kier alpha value is 0.968. The average Bonchev–Trinajstić information content (AvgIpc) is 1.19. The first-order valence-electron chi connectivity index (χ1n) is 1.71. The molecule has 6 nitrogen and oxygen atoms in total. The zero-order valence-corrected chi connectivity index (χ0v) is 10.1. The molecule has 0 radical (unpaired) electrons. The monoisotopic (exact) mass is 272 g/mol. The van der Waals surface area contributed by atoms with Crippen molar-refractivity contribution in [2.24, 2.45) is 0 Å². The Balaban J connectivity index is -0.0000000383. The second kappa shape index (κ2) is 8.07. The predicted octanol–water partition coefficient (Wildman–Crippen LogP) is -4.96. The first kappa shape index (κ1) is 17.2. The summed E-state index contributed by atoms with van der Waals surface area (Å²) in [6, 6.07) is 0. The number of carboxylic acids is 1. The van der Waals surface area contributed by atoms with Gasteiger partial charge in [0, 0.05) is 6.92 Å². The van der Waals surface area contributed by atoms with Gasteiger partial charge in [0.05, 0.1) is 0 Å². The third kappa shape index (κ3) is 607. The van der Waals surface area contributed by atoms with E-state index in [1.807, 2.05) is 0 Å². The Kier molecular flexibility index (Phi) is 13.8. The first-order valence-corrected chi connectivity index (χ1v) is 6.18. The minimum absolute atomic E-state index is 0. The molecule has 0 amide bonds. The summed E-state index contributed by atoms with van der Waals surface area (Å²) in [6.45, 7) is 1.08. The van der Waals surface area contributed by atoms with Gasteiger partial charge in [-0.05, 0) is 0 Å². The van der Waals surface area contributed by atoms with Crippen LogP contribution in [-0.4, -0.2) is 41.3 Å². The minimum atomic E-state index is -5.35. The molecule has 0 aromatic rings. The van der Waals surface area contributed by atoms with Gasteiger partial charge in [0.1, 0.15) is 0 Å². The Morgan fingerprint density at radius 1 is 1.40 bits per heavy atom. The molecule has 0 unspecified atom stereocenters. The van der Waals surface area contributed by atoms with Gasteiger partial charge in [-0.15, -0.1) is 0 Å². The van der Waals surface area contributed by atoms with Crippen molar-refractivity contribution in [1.82, 2.24) is 0 Å². The second-order valence-electron chi connectivity index (χ2n) is 1.03. The van der Waals surface area contributed by atoms with Crippen LogP contribution in [0.5, 0.6) is 0 Å². The van der Waals surface area contributed by atoms with Gasteiger partial charge >= 0.3 is 62.8 Å². The fourth-order valence-electron chi connectivity index (χ4n) is 0. The van der Waals surface area contributed by atoms with Crippen molar-refractivity contribution < 1.29 is 54.1 Å². The van der Waals surface area contributed by atoms with Crippen LogP contribution in [0.4, 0.5) is 0 Å². The van der Waals surface area contributed by atoms with E-state index < -0.39 is 26.0 Å². The maximum atomic E-state index is 9.00. The Morgan fingerprint density at radius 3 is 1.40 bits per heavy atom. The molecule has 8 heteroatoms. The molecule has 0 saturated heterocycles. The van der Waals surface area contributed by atoms with Gasteiger partial charge in [0.25, 0.3) is 5.97 Å². The number of hydrogen-bond acceptors (Lipinski definition) is 2. The van der Waals surface area contributed by atoms with Gasteiger partial charge in [-0.1, -0.05) is 0 Å². The number of aliphatic carboxylic acids is 1. The van der Waals surface area contributed by atoms with E-state index in [1.54, 1.807) is 0 Å². The van der Waals surface area contributed by atoms with E-state index in [4.69, 9.17) is 23.1 Å². The number of carbonyl (C=O) groups is 1. The fourth-order valence-corrected chi connectivity index (χ4v) is 0. The molecular formula is C2H8NaO6Sb. The summed E-state index contributed by atoms with van der Waals surface area (Å²) >= 11 is -5.35. The van der Waals surface area contributed by atoms with Crippen molar-refractivity contribution in [3.63, 3.8) is 0 Å². The third-order valence-corrected chi connectivity index (χ3v) is 0. The van der Waals surface area contributed by atoms with Crippen LogP contribution >= 0.6 is 0 Å². The second-order valence-corrected chi connectivity index (χ2v) is 3.96. The molecule has 0 atom stereocenters. The Morgan fingerprint density at radius 2 is 1.40 bits per heavy atom. The van der Waals surface area contributed by atoms with E-state index in [2.05, 4.69) is 0 Å². The average molecular weight is 273 g/mol. The Bertz CT molecular complexity index is 120. The number of hydrogen-bond donors (Lipinski definition) is 4. The van der Waals surface area contributed by atoms with E-state index in [1.165, 1.54) is 0 Å². The van der Waals surface area contributed by atoms with Crippen LogP contribution in [0.1, 0.15) is 8.35 Å². The molecule has 4 N–H and O–H groups in total. The van der Waals surface area contributed by atoms with Crippen molar-refractivity contribution in [1.29, 1.82) is 0 Å². The van der Waals surface area contributed by atoms with Crippen LogP contribution in [0.2, 0.25) is 0 Å². The van der Waals surface area contributed by atoms with Gasteiger partial charge in [-0.2, -0.15) is 0 Å². The van der Waals surface area contributed by atoms with E-state index in [-0.39, 0.29) is 31.0 Å². The molecule has 0 fully saturated rings. The normalized spacial score (nSPS) is 8.40. The molecule has 0 aromatic heterocycles. The van der Waals surface area contributed by atoms with Crippen LogP contribution in [-0.2, 0) is 7.81 Å². The maximum absolute atomic E-state index is 9.00. The van der Waals surface area contributed by atoms with E-state index >= 15 is 0 Å². The van der Waals surface area contributed by atoms with Crippen LogP contribution < -0.4 is 29.6 Å². The van der Waals surface area contributed by atoms with Crippen molar-refractivity contribution in [3.8, 4) is 0 Å². The van der Waals surface area contributed by atoms with Crippen molar-refractivity contribution in [2.45, 2.75) is 6.92 Å². The van der Waals surface area contributed by atoms with Crippen LogP contribution in [0.15, 0.2) is 0 Å². The van der Waals surface area contributed by atoms with E-state index in [0.29, 0.717) is 0 Å². The van der Waals surface area contributed by atoms with Crippen molar-refractivity contribution >= 4 is 26.0 Å². The van der Waals surface area contributed by atoms with Crippen molar-refractivity contribution in [3.05, 3.63) is 0 Å². The quantitative estimate of drug-likeness (QED) is 0.329. The van der Waals surface area contributed by atoms with Gasteiger partial charge in [-0.25, -0.2) is 0 Å². The number of rotatable bonds is 0. The molecule has 0 aliphatic heterocycles. The van der Waals surface area contributed by atoms with Crippen LogP contribution in [0.25, 0.3) is 0 Å². The summed E-state index contributed by atoms with van der Waals surface area (Å²) in [5.41, 5.74) is 0. The summed E-state index contributed by atoms with van der Waals surface area (Å²) in [4.78, 5) is 9.00. The zero-order valence-electron chi connectivity index (χ0n) is 6.55. The molecule has 0 aliphatic carbocycles. The SMILES string of the molecule is CC(=O)O.[H-].[Na+].[O]=[Sb]([OH])([OH])[OH]. The molecule has 0 aliphatic rings. The zero-order chi connectivity index (χ0) is 8.08. The van der Waals surface area contributed by atoms with Crippen molar-refractivity contribution in [2.75, 3.05) is 0 Å². The molecule has 0 aromatic carbocycles. The number of carboxylic acid groups (broad SMARTS) is 1. The summed E-state index contributed by atoms with van der Waals surface area (Å²) in [6.07, 6.45) is 0. The van der Waals surface area contributed by atoms with Gasteiger partial charge < -0.3 is 6.53 Å². The van der Waals surface area contributed by atoms with Gasteiger partial charge in [-0.3, -0.25) is 4.79 Å². The summed E-state index contributed by atoms with van der Waals surface area (Å²) in [5, 5.41) is 7.42. The van der Waals surface area contributed by atoms with Gasteiger partial charge in [0.2, 0.25) is 0 Å². The van der Waals surface area contributed by atoms with Crippen LogP contribution in [0.3, 0.4) is 0 Å². The van der Waals surface area contributed by atoms with E-state index in [0.717, 1.165) is 6.92 Å². The standard InChI is InChI=1S/C2H4O2.Na.3H2O.O.Sb.H/c1-2(3)4;;;;;;;/h1H3,(H,3,4);;3*1H2;;;/q;+1;;;;;+3;-1/p-3. The molecule has 0 heterocycles. The van der Waals surface area contributed by atoms with Crippen LogP contribution in [0, 0.1) is 0 Å².